The fourth-order valence-corrected chi connectivity index (χ4v) is 4.70. The Morgan fingerprint density at radius 3 is 2.56 bits per heavy atom. The van der Waals surface area contributed by atoms with Crippen molar-refractivity contribution in [3.05, 3.63) is 72.1 Å². The van der Waals surface area contributed by atoms with Gasteiger partial charge < -0.3 is 21.1 Å². The number of nitrogens with zero attached hydrogens (tertiary/aromatic N) is 3. The lowest BCUT2D eigenvalue weighted by molar-refractivity contribution is 0.356. The van der Waals surface area contributed by atoms with Crippen molar-refractivity contribution in [2.45, 2.75) is 24.9 Å². The maximum Gasteiger partial charge on any atom is 0.136 e. The zero-order valence-electron chi connectivity index (χ0n) is 18.5. The van der Waals surface area contributed by atoms with E-state index < -0.39 is 0 Å². The molecule has 168 valence electrons. The molecule has 4 N–H and O–H groups in total. The maximum atomic E-state index is 6.36. The molecule has 0 saturated carbocycles. The number of aromatic nitrogens is 2. The summed E-state index contributed by atoms with van der Waals surface area (Å²) in [7, 11) is 1.92. The number of anilines is 2. The van der Waals surface area contributed by atoms with Gasteiger partial charge in [-0.3, -0.25) is 0 Å². The molecule has 0 aliphatic carbocycles. The van der Waals surface area contributed by atoms with Gasteiger partial charge in [-0.15, -0.1) is 0 Å². The quantitative estimate of drug-likeness (QED) is 0.438. The second-order valence-electron chi connectivity index (χ2n) is 7.78. The fraction of sp³-hybridized carbons (Fsp3) is 0.333. The molecular weight excluding hydrogens is 420 g/mol. The Kier molecular flexibility index (Phi) is 7.47. The predicted octanol–water partition coefficient (Wildman–Crippen LogP) is 4.31. The summed E-state index contributed by atoms with van der Waals surface area (Å²) < 4.78 is 8.31. The monoisotopic (exact) mass is 450 g/mol. The number of hydrogen-bond acceptors (Lipinski definition) is 8. The van der Waals surface area contributed by atoms with Crippen molar-refractivity contribution in [3.63, 3.8) is 0 Å². The SMILES string of the molecule is CNC(c1ccc(Oc2ccccc2)cc1)c1c(N)ncnc1NC1CCCN(SC)C1. The van der Waals surface area contributed by atoms with Gasteiger partial charge in [0.25, 0.3) is 0 Å². The summed E-state index contributed by atoms with van der Waals surface area (Å²) in [4.78, 5) is 8.84. The molecule has 2 aromatic carbocycles. The van der Waals surface area contributed by atoms with Gasteiger partial charge >= 0.3 is 0 Å². The first-order valence-electron chi connectivity index (χ1n) is 10.8. The third-order valence-corrected chi connectivity index (χ3v) is 6.52. The molecular formula is C24H30N6OS. The summed E-state index contributed by atoms with van der Waals surface area (Å²) in [6.07, 6.45) is 5.92. The van der Waals surface area contributed by atoms with Crippen LogP contribution in [0.4, 0.5) is 11.6 Å². The summed E-state index contributed by atoms with van der Waals surface area (Å²) >= 11 is 1.79. The van der Waals surface area contributed by atoms with Crippen LogP contribution in [0, 0.1) is 0 Å². The fourth-order valence-electron chi connectivity index (χ4n) is 4.06. The average Bonchev–Trinajstić information content (AvgIpc) is 2.83. The van der Waals surface area contributed by atoms with Crippen molar-refractivity contribution < 1.29 is 4.74 Å². The summed E-state index contributed by atoms with van der Waals surface area (Å²) in [5.41, 5.74) is 8.29. The molecule has 1 fully saturated rings. The predicted molar refractivity (Wildman–Crippen MR) is 132 cm³/mol. The van der Waals surface area contributed by atoms with E-state index in [-0.39, 0.29) is 6.04 Å². The van der Waals surface area contributed by atoms with Gasteiger partial charge in [0.05, 0.1) is 11.6 Å². The molecule has 1 aliphatic rings. The van der Waals surface area contributed by atoms with E-state index in [0.717, 1.165) is 54.4 Å². The second-order valence-corrected chi connectivity index (χ2v) is 8.66. The first-order valence-corrected chi connectivity index (χ1v) is 12.0. The Bertz CT molecular complexity index is 1000. The van der Waals surface area contributed by atoms with Gasteiger partial charge in [-0.1, -0.05) is 42.3 Å². The molecule has 7 nitrogen and oxygen atoms in total. The Labute approximate surface area is 193 Å². The molecule has 2 unspecified atom stereocenters. The maximum absolute atomic E-state index is 6.36. The largest absolute Gasteiger partial charge is 0.457 e. The van der Waals surface area contributed by atoms with Crippen molar-refractivity contribution >= 4 is 23.6 Å². The van der Waals surface area contributed by atoms with Crippen LogP contribution in [-0.2, 0) is 0 Å². The molecule has 2 atom stereocenters. The molecule has 0 bridgehead atoms. The van der Waals surface area contributed by atoms with E-state index in [1.54, 1.807) is 11.9 Å². The Balaban J connectivity index is 1.56. The van der Waals surface area contributed by atoms with E-state index >= 15 is 0 Å². The number of hydrogen-bond donors (Lipinski definition) is 3. The lowest BCUT2D eigenvalue weighted by atomic mass is 9.98. The van der Waals surface area contributed by atoms with Gasteiger partial charge in [0, 0.05) is 19.1 Å². The van der Waals surface area contributed by atoms with Gasteiger partial charge in [0.15, 0.2) is 0 Å². The molecule has 0 spiro atoms. The number of piperidine rings is 1. The van der Waals surface area contributed by atoms with Crippen LogP contribution in [0.25, 0.3) is 0 Å². The third-order valence-electron chi connectivity index (χ3n) is 5.67. The second kappa shape index (κ2) is 10.7. The smallest absolute Gasteiger partial charge is 0.136 e. The van der Waals surface area contributed by atoms with Crippen LogP contribution in [0.2, 0.25) is 0 Å². The molecule has 1 aromatic heterocycles. The topological polar surface area (TPSA) is 88.3 Å². The van der Waals surface area contributed by atoms with Crippen molar-refractivity contribution in [1.29, 1.82) is 0 Å². The lowest BCUT2D eigenvalue weighted by Gasteiger charge is -2.32. The van der Waals surface area contributed by atoms with Crippen LogP contribution in [0.3, 0.4) is 0 Å². The molecule has 0 amide bonds. The minimum Gasteiger partial charge on any atom is -0.457 e. The van der Waals surface area contributed by atoms with Gasteiger partial charge in [0.1, 0.15) is 29.5 Å². The normalized spacial score (nSPS) is 17.6. The van der Waals surface area contributed by atoms with Crippen LogP contribution in [0.15, 0.2) is 60.9 Å². The van der Waals surface area contributed by atoms with Crippen LogP contribution in [0.1, 0.15) is 30.0 Å². The highest BCUT2D eigenvalue weighted by Crippen LogP contribution is 2.33. The van der Waals surface area contributed by atoms with E-state index in [1.165, 1.54) is 6.33 Å². The third kappa shape index (κ3) is 5.32. The zero-order valence-corrected chi connectivity index (χ0v) is 19.3. The number of para-hydroxylation sites is 1. The lowest BCUT2D eigenvalue weighted by Crippen LogP contribution is -2.39. The van der Waals surface area contributed by atoms with Crippen molar-refractivity contribution in [3.8, 4) is 11.5 Å². The number of ether oxygens (including phenoxy) is 1. The van der Waals surface area contributed by atoms with Gasteiger partial charge in [-0.2, -0.15) is 0 Å². The number of nitrogens with two attached hydrogens (primary N) is 1. The van der Waals surface area contributed by atoms with Gasteiger partial charge in [-0.05, 0) is 56.0 Å². The standard InChI is InChI=1S/C24H30N6OS/c1-26-22(17-10-12-20(13-11-17)31-19-8-4-3-5-9-19)21-23(25)27-16-28-24(21)29-18-7-6-14-30(15-18)32-2/h3-5,8-13,16,18,22,26H,6-7,14-15H2,1-2H3,(H3,25,27,28,29). The average molecular weight is 451 g/mol. The number of nitrogen functional groups attached to an aromatic ring is 1. The highest BCUT2D eigenvalue weighted by atomic mass is 32.2. The summed E-state index contributed by atoms with van der Waals surface area (Å²) in [6.45, 7) is 2.09. The molecule has 1 saturated heterocycles. The van der Waals surface area contributed by atoms with Crippen LogP contribution in [-0.4, -0.2) is 46.7 Å². The molecule has 1 aliphatic heterocycles. The number of nitrogens with one attached hydrogen (secondary N) is 2. The molecule has 4 rings (SSSR count). The van der Waals surface area contributed by atoms with E-state index in [9.17, 15) is 0 Å². The minimum atomic E-state index is -0.148. The molecule has 3 aromatic rings. The molecule has 2 heterocycles. The van der Waals surface area contributed by atoms with E-state index in [1.807, 2.05) is 61.6 Å². The summed E-state index contributed by atoms with van der Waals surface area (Å²) in [6, 6.07) is 18.0. The van der Waals surface area contributed by atoms with E-state index in [4.69, 9.17) is 10.5 Å². The first-order chi connectivity index (χ1) is 15.7. The number of rotatable bonds is 8. The minimum absolute atomic E-state index is 0.148. The summed E-state index contributed by atoms with van der Waals surface area (Å²) in [5, 5.41) is 7.02. The first kappa shape index (κ1) is 22.4. The van der Waals surface area contributed by atoms with Crippen LogP contribution in [0.5, 0.6) is 11.5 Å². The molecule has 32 heavy (non-hydrogen) atoms. The Morgan fingerprint density at radius 1 is 1.09 bits per heavy atom. The van der Waals surface area contributed by atoms with Crippen molar-refractivity contribution in [2.75, 3.05) is 37.4 Å². The van der Waals surface area contributed by atoms with E-state index in [2.05, 4.69) is 31.2 Å². The number of benzene rings is 2. The Hall–Kier alpha value is -2.81. The highest BCUT2D eigenvalue weighted by Gasteiger charge is 2.25. The van der Waals surface area contributed by atoms with Crippen LogP contribution < -0.4 is 21.1 Å². The molecule has 8 heteroatoms. The highest BCUT2D eigenvalue weighted by molar-refractivity contribution is 7.96. The summed E-state index contributed by atoms with van der Waals surface area (Å²) in [5.74, 6) is 2.85. The van der Waals surface area contributed by atoms with E-state index in [0.29, 0.717) is 11.9 Å². The Morgan fingerprint density at radius 2 is 1.84 bits per heavy atom. The van der Waals surface area contributed by atoms with Crippen LogP contribution >= 0.6 is 11.9 Å². The van der Waals surface area contributed by atoms with Gasteiger partial charge in [-0.25, -0.2) is 14.3 Å². The van der Waals surface area contributed by atoms with Crippen molar-refractivity contribution in [1.82, 2.24) is 19.6 Å². The van der Waals surface area contributed by atoms with Gasteiger partial charge in [0.2, 0.25) is 0 Å². The van der Waals surface area contributed by atoms with Crippen molar-refractivity contribution in [2.24, 2.45) is 0 Å². The molecule has 0 radical (unpaired) electrons. The zero-order chi connectivity index (χ0) is 22.3.